The third-order valence-electron chi connectivity index (χ3n) is 2.33. The molecule has 2 heterocycles. The van der Waals surface area contributed by atoms with Crippen molar-refractivity contribution < 1.29 is 0 Å². The van der Waals surface area contributed by atoms with Gasteiger partial charge in [-0.15, -0.1) is 0 Å². The summed E-state index contributed by atoms with van der Waals surface area (Å²) in [5, 5.41) is 8.82. The number of aromatic nitrogens is 3. The van der Waals surface area contributed by atoms with Gasteiger partial charge in [0.25, 0.3) is 0 Å². The van der Waals surface area contributed by atoms with Crippen LogP contribution in [0.25, 0.3) is 11.2 Å². The lowest BCUT2D eigenvalue weighted by molar-refractivity contribution is 0.692. The molecule has 16 heavy (non-hydrogen) atoms. The summed E-state index contributed by atoms with van der Waals surface area (Å²) in [6.07, 6.45) is 1.72. The molecule has 0 saturated heterocycles. The highest BCUT2D eigenvalue weighted by Gasteiger charge is 2.14. The van der Waals surface area contributed by atoms with E-state index in [2.05, 4.69) is 45.8 Å². The van der Waals surface area contributed by atoms with Crippen molar-refractivity contribution in [1.29, 1.82) is 5.26 Å². The lowest BCUT2D eigenvalue weighted by Crippen LogP contribution is -2.04. The number of pyridine rings is 1. The van der Waals surface area contributed by atoms with Crippen molar-refractivity contribution in [2.24, 2.45) is 0 Å². The maximum atomic E-state index is 8.82. The Morgan fingerprint density at radius 3 is 2.94 bits per heavy atom. The fraction of sp³-hybridized carbons (Fsp3) is 0.364. The first kappa shape index (κ1) is 11.1. The van der Waals surface area contributed by atoms with Gasteiger partial charge in [-0.1, -0.05) is 13.8 Å². The third-order valence-corrected chi connectivity index (χ3v) is 2.76. The van der Waals surface area contributed by atoms with Crippen molar-refractivity contribution in [1.82, 2.24) is 14.5 Å². The third kappa shape index (κ3) is 1.81. The molecule has 82 valence electrons. The molecule has 0 amide bonds. The normalized spacial score (nSPS) is 10.9. The Morgan fingerprint density at radius 2 is 2.31 bits per heavy atom. The molecule has 0 aliphatic carbocycles. The monoisotopic (exact) mass is 278 g/mol. The molecular formula is C11H11BrN4. The van der Waals surface area contributed by atoms with Crippen LogP contribution in [0.1, 0.15) is 25.6 Å². The summed E-state index contributed by atoms with van der Waals surface area (Å²) >= 11 is 3.37. The number of halogens is 1. The van der Waals surface area contributed by atoms with E-state index < -0.39 is 0 Å². The van der Waals surface area contributed by atoms with Crippen molar-refractivity contribution in [3.63, 3.8) is 0 Å². The topological polar surface area (TPSA) is 54.5 Å². The van der Waals surface area contributed by atoms with Gasteiger partial charge in [0, 0.05) is 16.6 Å². The molecule has 4 nitrogen and oxygen atoms in total. The van der Waals surface area contributed by atoms with E-state index in [4.69, 9.17) is 5.26 Å². The van der Waals surface area contributed by atoms with E-state index in [9.17, 15) is 0 Å². The van der Waals surface area contributed by atoms with Crippen molar-refractivity contribution in [3.05, 3.63) is 22.6 Å². The fourth-order valence-electron chi connectivity index (χ4n) is 1.67. The van der Waals surface area contributed by atoms with Gasteiger partial charge >= 0.3 is 0 Å². The molecule has 0 radical (unpaired) electrons. The van der Waals surface area contributed by atoms with E-state index in [1.165, 1.54) is 0 Å². The molecule has 0 aromatic carbocycles. The SMILES string of the molecule is CC(C)c1nc2cc(Br)cnc2n1CC#N. The summed E-state index contributed by atoms with van der Waals surface area (Å²) in [5.74, 6) is 1.18. The Bertz CT molecular complexity index is 565. The van der Waals surface area contributed by atoms with Gasteiger partial charge in [-0.2, -0.15) is 5.26 Å². The predicted octanol–water partition coefficient (Wildman–Crippen LogP) is 2.84. The molecule has 0 aliphatic heterocycles. The molecule has 2 aromatic rings. The molecule has 0 bridgehead atoms. The zero-order chi connectivity index (χ0) is 11.7. The number of nitrogens with zero attached hydrogens (tertiary/aromatic N) is 4. The van der Waals surface area contributed by atoms with Gasteiger partial charge in [-0.25, -0.2) is 9.97 Å². The first-order chi connectivity index (χ1) is 7.63. The van der Waals surface area contributed by atoms with Gasteiger partial charge in [0.1, 0.15) is 17.9 Å². The highest BCUT2D eigenvalue weighted by atomic mass is 79.9. The van der Waals surface area contributed by atoms with Gasteiger partial charge in [-0.3, -0.25) is 4.57 Å². The summed E-state index contributed by atoms with van der Waals surface area (Å²) < 4.78 is 2.77. The number of rotatable bonds is 2. The van der Waals surface area contributed by atoms with Crippen LogP contribution < -0.4 is 0 Å². The minimum Gasteiger partial charge on any atom is -0.298 e. The second-order valence-corrected chi connectivity index (χ2v) is 4.78. The smallest absolute Gasteiger partial charge is 0.161 e. The van der Waals surface area contributed by atoms with Crippen LogP contribution in [0, 0.1) is 11.3 Å². The second kappa shape index (κ2) is 4.22. The second-order valence-electron chi connectivity index (χ2n) is 3.87. The minimum absolute atomic E-state index is 0.279. The van der Waals surface area contributed by atoms with Crippen molar-refractivity contribution in [3.8, 4) is 6.07 Å². The average molecular weight is 279 g/mol. The zero-order valence-electron chi connectivity index (χ0n) is 9.11. The summed E-state index contributed by atoms with van der Waals surface area (Å²) in [7, 11) is 0. The first-order valence-electron chi connectivity index (χ1n) is 5.02. The Kier molecular flexibility index (Phi) is 2.92. The molecule has 0 aliphatic rings. The van der Waals surface area contributed by atoms with E-state index in [-0.39, 0.29) is 5.92 Å². The van der Waals surface area contributed by atoms with Crippen LogP contribution in [0.2, 0.25) is 0 Å². The first-order valence-corrected chi connectivity index (χ1v) is 5.81. The number of imidazole rings is 1. The molecule has 2 aromatic heterocycles. The summed E-state index contributed by atoms with van der Waals surface area (Å²) in [4.78, 5) is 8.82. The fourth-order valence-corrected chi connectivity index (χ4v) is 1.99. The van der Waals surface area contributed by atoms with Gasteiger partial charge in [0.05, 0.1) is 6.07 Å². The molecule has 0 unspecified atom stereocenters. The molecule has 2 rings (SSSR count). The average Bonchev–Trinajstić information content (AvgIpc) is 2.57. The molecule has 0 N–H and O–H groups in total. The molecular weight excluding hydrogens is 268 g/mol. The highest BCUT2D eigenvalue weighted by Crippen LogP contribution is 2.22. The molecule has 0 spiro atoms. The minimum atomic E-state index is 0.279. The lowest BCUT2D eigenvalue weighted by atomic mass is 10.2. The van der Waals surface area contributed by atoms with Gasteiger partial charge < -0.3 is 0 Å². The Balaban J connectivity index is 2.71. The quantitative estimate of drug-likeness (QED) is 0.849. The highest BCUT2D eigenvalue weighted by molar-refractivity contribution is 9.10. The lowest BCUT2D eigenvalue weighted by Gasteiger charge is -2.06. The van der Waals surface area contributed by atoms with Crippen molar-refractivity contribution in [2.45, 2.75) is 26.3 Å². The van der Waals surface area contributed by atoms with Crippen LogP contribution in [0.4, 0.5) is 0 Å². The maximum Gasteiger partial charge on any atom is 0.161 e. The van der Waals surface area contributed by atoms with Gasteiger partial charge in [0.2, 0.25) is 0 Å². The molecule has 0 fully saturated rings. The summed E-state index contributed by atoms with van der Waals surface area (Å²) in [5.41, 5.74) is 1.60. The summed E-state index contributed by atoms with van der Waals surface area (Å²) in [6.45, 7) is 4.41. The van der Waals surface area contributed by atoms with E-state index in [1.54, 1.807) is 6.20 Å². The van der Waals surface area contributed by atoms with Crippen LogP contribution >= 0.6 is 15.9 Å². The zero-order valence-corrected chi connectivity index (χ0v) is 10.7. The molecule has 0 saturated carbocycles. The Hall–Kier alpha value is -1.41. The number of hydrogen-bond donors (Lipinski definition) is 0. The van der Waals surface area contributed by atoms with E-state index in [0.29, 0.717) is 6.54 Å². The standard InChI is InChI=1S/C11H11BrN4/c1-7(2)10-15-9-5-8(12)6-14-11(9)16(10)4-3-13/h5-7H,4H2,1-2H3. The van der Waals surface area contributed by atoms with Crippen LogP contribution in [0.5, 0.6) is 0 Å². The summed E-state index contributed by atoms with van der Waals surface area (Å²) in [6, 6.07) is 4.06. The largest absolute Gasteiger partial charge is 0.298 e. The Morgan fingerprint density at radius 1 is 1.56 bits per heavy atom. The molecule has 0 atom stereocenters. The number of fused-ring (bicyclic) bond motifs is 1. The van der Waals surface area contributed by atoms with Gasteiger partial charge in [-0.05, 0) is 22.0 Å². The Labute approximate surface area is 102 Å². The van der Waals surface area contributed by atoms with Crippen molar-refractivity contribution >= 4 is 27.1 Å². The van der Waals surface area contributed by atoms with E-state index in [1.807, 2.05) is 10.6 Å². The van der Waals surface area contributed by atoms with Crippen molar-refractivity contribution in [2.75, 3.05) is 0 Å². The van der Waals surface area contributed by atoms with Crippen LogP contribution in [-0.4, -0.2) is 14.5 Å². The van der Waals surface area contributed by atoms with E-state index >= 15 is 0 Å². The number of nitriles is 1. The van der Waals surface area contributed by atoms with Crippen LogP contribution in [0.3, 0.4) is 0 Å². The number of hydrogen-bond acceptors (Lipinski definition) is 3. The van der Waals surface area contributed by atoms with Crippen LogP contribution in [-0.2, 0) is 6.54 Å². The van der Waals surface area contributed by atoms with Crippen LogP contribution in [0.15, 0.2) is 16.7 Å². The van der Waals surface area contributed by atoms with Gasteiger partial charge in [0.15, 0.2) is 5.65 Å². The predicted molar refractivity (Wildman–Crippen MR) is 64.9 cm³/mol. The van der Waals surface area contributed by atoms with E-state index in [0.717, 1.165) is 21.5 Å². The molecule has 5 heteroatoms. The maximum absolute atomic E-state index is 8.82.